The summed E-state index contributed by atoms with van der Waals surface area (Å²) in [7, 11) is 1.28. The molecule has 0 amide bonds. The second-order valence-corrected chi connectivity index (χ2v) is 5.40. The molecule has 112 valence electrons. The molecule has 0 aliphatic heterocycles. The molecule has 0 unspecified atom stereocenters. The zero-order valence-corrected chi connectivity index (χ0v) is 12.6. The van der Waals surface area contributed by atoms with Gasteiger partial charge in [0.1, 0.15) is 5.03 Å². The molecule has 2 aromatic rings. The number of nitrogens with two attached hydrogens (primary N) is 1. The van der Waals surface area contributed by atoms with Crippen LogP contribution in [0.4, 0.5) is 5.69 Å². The molecule has 0 saturated heterocycles. The van der Waals surface area contributed by atoms with Gasteiger partial charge in [0.25, 0.3) is 0 Å². The van der Waals surface area contributed by atoms with E-state index in [2.05, 4.69) is 19.9 Å². The average Bonchev–Trinajstić information content (AvgIpc) is 2.81. The third kappa shape index (κ3) is 2.92. The fraction of sp³-hybridized carbons (Fsp3) is 0.333. The van der Waals surface area contributed by atoms with Gasteiger partial charge in [0.2, 0.25) is 0 Å². The first-order chi connectivity index (χ1) is 9.95. The second kappa shape index (κ2) is 6.00. The molecule has 0 radical (unpaired) electrons. The number of carbonyl (C=O) groups excluding carboxylic acids is 1. The number of H-pyrrole nitrogens is 1. The summed E-state index contributed by atoms with van der Waals surface area (Å²) in [6, 6.07) is 1.41. The molecule has 0 aliphatic carbocycles. The molecule has 0 fully saturated rings. The number of pyridine rings is 1. The van der Waals surface area contributed by atoms with Gasteiger partial charge in [-0.25, -0.2) is 19.7 Å². The van der Waals surface area contributed by atoms with E-state index in [-0.39, 0.29) is 23.0 Å². The van der Waals surface area contributed by atoms with Crippen molar-refractivity contribution in [1.29, 1.82) is 0 Å². The lowest BCUT2D eigenvalue weighted by molar-refractivity contribution is 0.0601. The lowest BCUT2D eigenvalue weighted by Crippen LogP contribution is -2.19. The number of aromatic amines is 1. The summed E-state index contributed by atoms with van der Waals surface area (Å²) >= 11 is 1.11. The molecular weight excluding hydrogens is 294 g/mol. The first-order valence-electron chi connectivity index (χ1n) is 6.13. The Morgan fingerprint density at radius 3 is 2.86 bits per heavy atom. The number of rotatable bonds is 4. The predicted molar refractivity (Wildman–Crippen MR) is 77.3 cm³/mol. The molecule has 9 heteroatoms. The molecule has 0 atom stereocenters. The predicted octanol–water partition coefficient (Wildman–Crippen LogP) is 1.07. The Morgan fingerprint density at radius 1 is 1.52 bits per heavy atom. The smallest absolute Gasteiger partial charge is 0.344 e. The molecular formula is C12H15N5O3S. The van der Waals surface area contributed by atoms with Crippen LogP contribution in [-0.2, 0) is 4.74 Å². The van der Waals surface area contributed by atoms with Gasteiger partial charge in [0, 0.05) is 12.2 Å². The summed E-state index contributed by atoms with van der Waals surface area (Å²) in [4.78, 5) is 27.4. The number of nitrogens with zero attached hydrogens (tertiary/aromatic N) is 3. The number of ether oxygens (including phenoxy) is 1. The number of esters is 1. The van der Waals surface area contributed by atoms with E-state index < -0.39 is 5.97 Å². The van der Waals surface area contributed by atoms with Gasteiger partial charge in [-0.2, -0.15) is 0 Å². The van der Waals surface area contributed by atoms with Crippen LogP contribution in [0.1, 0.15) is 30.2 Å². The maximum atomic E-state index is 11.7. The highest BCUT2D eigenvalue weighted by molar-refractivity contribution is 7.99. The van der Waals surface area contributed by atoms with Crippen LogP contribution in [0.25, 0.3) is 0 Å². The topological polar surface area (TPSA) is 116 Å². The van der Waals surface area contributed by atoms with Crippen LogP contribution in [0.3, 0.4) is 0 Å². The zero-order valence-electron chi connectivity index (χ0n) is 11.8. The third-order valence-electron chi connectivity index (χ3n) is 2.74. The van der Waals surface area contributed by atoms with Gasteiger partial charge in [0.05, 0.1) is 18.4 Å². The highest BCUT2D eigenvalue weighted by Gasteiger charge is 2.18. The number of nitrogens with one attached hydrogen (secondary N) is 1. The van der Waals surface area contributed by atoms with Gasteiger partial charge in [-0.15, -0.1) is 5.10 Å². The number of hydrogen-bond donors (Lipinski definition) is 2. The minimum Gasteiger partial charge on any atom is -0.465 e. The van der Waals surface area contributed by atoms with Crippen molar-refractivity contribution in [1.82, 2.24) is 19.7 Å². The summed E-state index contributed by atoms with van der Waals surface area (Å²) in [6.45, 7) is 3.73. The van der Waals surface area contributed by atoms with Crippen LogP contribution in [0.2, 0.25) is 0 Å². The van der Waals surface area contributed by atoms with Crippen molar-refractivity contribution in [2.75, 3.05) is 12.8 Å². The minimum atomic E-state index is -0.542. The van der Waals surface area contributed by atoms with Crippen molar-refractivity contribution in [2.45, 2.75) is 30.1 Å². The van der Waals surface area contributed by atoms with Gasteiger partial charge in [-0.3, -0.25) is 4.57 Å². The Kier molecular flexibility index (Phi) is 4.32. The van der Waals surface area contributed by atoms with Crippen molar-refractivity contribution in [3.05, 3.63) is 28.3 Å². The molecule has 0 aromatic carbocycles. The van der Waals surface area contributed by atoms with Crippen LogP contribution >= 0.6 is 11.8 Å². The zero-order chi connectivity index (χ0) is 15.6. The van der Waals surface area contributed by atoms with Crippen molar-refractivity contribution in [3.63, 3.8) is 0 Å². The Labute approximate surface area is 124 Å². The molecule has 2 aromatic heterocycles. The fourth-order valence-corrected chi connectivity index (χ4v) is 2.72. The molecule has 2 heterocycles. The van der Waals surface area contributed by atoms with E-state index in [0.29, 0.717) is 10.2 Å². The normalized spacial score (nSPS) is 10.9. The quantitative estimate of drug-likeness (QED) is 0.811. The average molecular weight is 309 g/mol. The molecule has 0 bridgehead atoms. The van der Waals surface area contributed by atoms with Crippen molar-refractivity contribution in [2.24, 2.45) is 0 Å². The van der Waals surface area contributed by atoms with Crippen molar-refractivity contribution >= 4 is 23.4 Å². The standard InChI is InChI=1S/C12H15N5O3S/c1-6(2)17-11(19)15-16-12(17)21-9-8(13)7(4-5-14-9)10(18)20-3/h4-6H,13H2,1-3H3,(H,15,19). The fourth-order valence-electron chi connectivity index (χ4n) is 1.73. The maximum Gasteiger partial charge on any atom is 0.344 e. The van der Waals surface area contributed by atoms with E-state index in [4.69, 9.17) is 5.73 Å². The van der Waals surface area contributed by atoms with Crippen LogP contribution in [-0.4, -0.2) is 32.8 Å². The lowest BCUT2D eigenvalue weighted by atomic mass is 10.2. The number of carbonyl (C=O) groups is 1. The first kappa shape index (κ1) is 15.1. The molecule has 3 N–H and O–H groups in total. The number of methoxy groups -OCH3 is 1. The van der Waals surface area contributed by atoms with E-state index >= 15 is 0 Å². The third-order valence-corrected chi connectivity index (χ3v) is 3.72. The molecule has 21 heavy (non-hydrogen) atoms. The number of aromatic nitrogens is 4. The summed E-state index contributed by atoms with van der Waals surface area (Å²) in [5, 5.41) is 7.14. The van der Waals surface area contributed by atoms with Crippen LogP contribution < -0.4 is 11.4 Å². The second-order valence-electron chi connectivity index (χ2n) is 4.45. The first-order valence-corrected chi connectivity index (χ1v) is 6.95. The highest BCUT2D eigenvalue weighted by atomic mass is 32.2. The number of hydrogen-bond acceptors (Lipinski definition) is 7. The Hall–Kier alpha value is -2.29. The maximum absolute atomic E-state index is 11.7. The number of nitrogen functional groups attached to an aromatic ring is 1. The van der Waals surface area contributed by atoms with Crippen LogP contribution in [0.15, 0.2) is 27.2 Å². The lowest BCUT2D eigenvalue weighted by Gasteiger charge is -2.10. The molecule has 2 rings (SSSR count). The van der Waals surface area contributed by atoms with Gasteiger partial charge in [0.15, 0.2) is 5.16 Å². The van der Waals surface area contributed by atoms with Gasteiger partial charge in [-0.1, -0.05) is 0 Å². The number of anilines is 1. The molecule has 0 saturated carbocycles. The van der Waals surface area contributed by atoms with Gasteiger partial charge in [-0.05, 0) is 31.7 Å². The van der Waals surface area contributed by atoms with E-state index in [1.54, 1.807) is 0 Å². The summed E-state index contributed by atoms with van der Waals surface area (Å²) in [5.74, 6) is -0.542. The van der Waals surface area contributed by atoms with Crippen molar-refractivity contribution < 1.29 is 9.53 Å². The molecule has 8 nitrogen and oxygen atoms in total. The van der Waals surface area contributed by atoms with E-state index in [0.717, 1.165) is 11.8 Å². The monoisotopic (exact) mass is 309 g/mol. The van der Waals surface area contributed by atoms with Gasteiger partial charge >= 0.3 is 11.7 Å². The Morgan fingerprint density at radius 2 is 2.24 bits per heavy atom. The highest BCUT2D eigenvalue weighted by Crippen LogP contribution is 2.31. The minimum absolute atomic E-state index is 0.0660. The summed E-state index contributed by atoms with van der Waals surface area (Å²) < 4.78 is 6.14. The van der Waals surface area contributed by atoms with E-state index in [1.165, 1.54) is 23.9 Å². The molecule has 0 spiro atoms. The van der Waals surface area contributed by atoms with Gasteiger partial charge < -0.3 is 10.5 Å². The largest absolute Gasteiger partial charge is 0.465 e. The Bertz CT molecular complexity index is 722. The van der Waals surface area contributed by atoms with Crippen LogP contribution in [0.5, 0.6) is 0 Å². The summed E-state index contributed by atoms with van der Waals surface area (Å²) in [6.07, 6.45) is 1.45. The summed E-state index contributed by atoms with van der Waals surface area (Å²) in [5.41, 5.74) is 6.04. The van der Waals surface area contributed by atoms with Crippen molar-refractivity contribution in [3.8, 4) is 0 Å². The molecule has 0 aliphatic rings. The van der Waals surface area contributed by atoms with Crippen LogP contribution in [0, 0.1) is 0 Å². The van der Waals surface area contributed by atoms with E-state index in [9.17, 15) is 9.59 Å². The Balaban J connectivity index is 2.41. The SMILES string of the molecule is COC(=O)c1ccnc(Sc2n[nH]c(=O)n2C(C)C)c1N. The van der Waals surface area contributed by atoms with E-state index in [1.807, 2.05) is 13.8 Å².